The number of allylic oxidation sites excluding steroid dienone is 1. The summed E-state index contributed by atoms with van der Waals surface area (Å²) in [4.78, 5) is 50.5. The fraction of sp³-hybridized carbons (Fsp3) is 0.714. The minimum absolute atomic E-state index is 0.0829. The van der Waals surface area contributed by atoms with Gasteiger partial charge < -0.3 is 33.9 Å². The average molecular weight is 585 g/mol. The van der Waals surface area contributed by atoms with Crippen LogP contribution >= 0.6 is 11.6 Å². The van der Waals surface area contributed by atoms with E-state index in [4.69, 9.17) is 35.3 Å². The largest absolute Gasteiger partial charge is 0.459 e. The van der Waals surface area contributed by atoms with E-state index in [0.717, 1.165) is 6.92 Å². The molecule has 0 amide bonds. The summed E-state index contributed by atoms with van der Waals surface area (Å²) in [5.41, 5.74) is -5.50. The Hall–Kier alpha value is -2.47. The third-order valence-corrected chi connectivity index (χ3v) is 9.34. The first-order chi connectivity index (χ1) is 18.5. The van der Waals surface area contributed by atoms with E-state index in [1.165, 1.54) is 32.9 Å². The van der Waals surface area contributed by atoms with Crippen LogP contribution in [0.25, 0.3) is 0 Å². The van der Waals surface area contributed by atoms with Gasteiger partial charge in [-0.3, -0.25) is 19.2 Å². The number of aliphatic hydroxyl groups is 2. The molecule has 11 nitrogen and oxygen atoms in total. The Morgan fingerprint density at radius 1 is 1.07 bits per heavy atom. The van der Waals surface area contributed by atoms with Gasteiger partial charge in [-0.1, -0.05) is 26.5 Å². The molecule has 0 aromatic rings. The molecule has 1 unspecified atom stereocenters. The SMILES string of the molecule is C=C1/C=C/[C@H](OC(C)=O)[C@@]2(C)[C@H]3O[C@H]3[C@@H](OC(=O)CCC)[C@@](C)(O)[C@@H]2C(OC(C)=O)[C@]2(O)[C@@H](C)C(=O)O[C@H]2[C@H]1Cl. The van der Waals surface area contributed by atoms with Crippen molar-refractivity contribution >= 4 is 35.5 Å². The van der Waals surface area contributed by atoms with Crippen molar-refractivity contribution in [1.29, 1.82) is 0 Å². The van der Waals surface area contributed by atoms with Crippen LogP contribution in [0.1, 0.15) is 54.4 Å². The highest BCUT2D eigenvalue weighted by Crippen LogP contribution is 2.63. The fourth-order valence-electron chi connectivity index (χ4n) is 6.85. The highest BCUT2D eigenvalue weighted by atomic mass is 35.5. The number of alkyl halides is 1. The minimum atomic E-state index is -2.29. The van der Waals surface area contributed by atoms with E-state index in [1.54, 1.807) is 13.8 Å². The van der Waals surface area contributed by atoms with Crippen molar-refractivity contribution in [1.82, 2.24) is 0 Å². The molecule has 1 saturated carbocycles. The van der Waals surface area contributed by atoms with E-state index < -0.39 is 94.3 Å². The van der Waals surface area contributed by atoms with Gasteiger partial charge in [0.1, 0.15) is 23.9 Å². The summed E-state index contributed by atoms with van der Waals surface area (Å²) in [7, 11) is 0. The van der Waals surface area contributed by atoms with Gasteiger partial charge >= 0.3 is 23.9 Å². The molecule has 2 aliphatic carbocycles. The molecular weight excluding hydrogens is 548 g/mol. The molecule has 2 heterocycles. The van der Waals surface area contributed by atoms with Crippen molar-refractivity contribution in [3.05, 3.63) is 24.3 Å². The molecule has 0 radical (unpaired) electrons. The number of ether oxygens (including phenoxy) is 5. The maximum atomic E-state index is 12.9. The summed E-state index contributed by atoms with van der Waals surface area (Å²) in [6.07, 6.45) is -3.44. The molecule has 0 spiro atoms. The number of carbonyl (C=O) groups excluding carboxylic acids is 4. The van der Waals surface area contributed by atoms with Crippen molar-refractivity contribution in [2.45, 2.75) is 108 Å². The lowest BCUT2D eigenvalue weighted by atomic mass is 9.52. The molecule has 2 N–H and O–H groups in total. The van der Waals surface area contributed by atoms with Crippen molar-refractivity contribution in [3.8, 4) is 0 Å². The van der Waals surface area contributed by atoms with Gasteiger partial charge in [0, 0.05) is 31.6 Å². The predicted molar refractivity (Wildman–Crippen MR) is 139 cm³/mol. The van der Waals surface area contributed by atoms with E-state index in [-0.39, 0.29) is 12.0 Å². The molecule has 0 bridgehead atoms. The third-order valence-electron chi connectivity index (χ3n) is 8.83. The lowest BCUT2D eigenvalue weighted by Crippen LogP contribution is -2.73. The zero-order chi connectivity index (χ0) is 29.9. The summed E-state index contributed by atoms with van der Waals surface area (Å²) in [5.74, 6) is -5.48. The van der Waals surface area contributed by atoms with Gasteiger partial charge in [-0.05, 0) is 31.9 Å². The van der Waals surface area contributed by atoms with Crippen LogP contribution in [0, 0.1) is 17.3 Å². The Morgan fingerprint density at radius 3 is 2.27 bits per heavy atom. The summed E-state index contributed by atoms with van der Waals surface area (Å²) in [5, 5.41) is 23.6. The zero-order valence-corrected chi connectivity index (χ0v) is 24.2. The second-order valence-corrected chi connectivity index (χ2v) is 12.1. The molecule has 4 aliphatic rings. The van der Waals surface area contributed by atoms with E-state index in [1.807, 2.05) is 0 Å². The van der Waals surface area contributed by atoms with Crippen LogP contribution in [-0.4, -0.2) is 87.3 Å². The number of hydrogen-bond acceptors (Lipinski definition) is 11. The van der Waals surface area contributed by atoms with Crippen LogP contribution in [0.2, 0.25) is 0 Å². The molecule has 40 heavy (non-hydrogen) atoms. The van der Waals surface area contributed by atoms with Crippen LogP contribution in [0.3, 0.4) is 0 Å². The van der Waals surface area contributed by atoms with Crippen LogP contribution in [0.15, 0.2) is 24.3 Å². The highest BCUT2D eigenvalue weighted by Gasteiger charge is 2.79. The second-order valence-electron chi connectivity index (χ2n) is 11.6. The standard InChI is InChI=1S/C28H37ClO11/c1-8-9-17(32)38-23-19-22(39-19)26(6)16(36-14(4)30)11-10-12(2)18(29)21-28(35,13(3)25(33)40-21)24(37-15(5)31)20(26)27(23,7)34/h10-11,13,16,18-24,34-35H,2,8-9H2,1,3-7H3/b11-10+/t13-,16-,18-,19+,20+,21-,22-,23+,24?,26+,27-,28-/m0/s1. The maximum Gasteiger partial charge on any atom is 0.312 e. The van der Waals surface area contributed by atoms with Crippen LogP contribution < -0.4 is 0 Å². The number of esters is 4. The lowest BCUT2D eigenvalue weighted by Gasteiger charge is -2.57. The second kappa shape index (κ2) is 10.4. The number of halogens is 1. The number of epoxide rings is 1. The van der Waals surface area contributed by atoms with Gasteiger partial charge in [0.25, 0.3) is 0 Å². The summed E-state index contributed by atoms with van der Waals surface area (Å²) >= 11 is 6.70. The summed E-state index contributed by atoms with van der Waals surface area (Å²) in [6, 6.07) is 0. The molecule has 2 aliphatic heterocycles. The molecule has 2 saturated heterocycles. The van der Waals surface area contributed by atoms with Crippen LogP contribution in [0.4, 0.5) is 0 Å². The molecule has 0 aromatic carbocycles. The quantitative estimate of drug-likeness (QED) is 0.210. The minimum Gasteiger partial charge on any atom is -0.459 e. The van der Waals surface area contributed by atoms with E-state index >= 15 is 0 Å². The first-order valence-corrected chi connectivity index (χ1v) is 13.8. The Morgan fingerprint density at radius 2 is 1.70 bits per heavy atom. The smallest absolute Gasteiger partial charge is 0.312 e. The van der Waals surface area contributed by atoms with Gasteiger partial charge in [0.15, 0.2) is 17.8 Å². The topological polar surface area (TPSA) is 158 Å². The van der Waals surface area contributed by atoms with E-state index in [0.29, 0.717) is 6.42 Å². The number of rotatable bonds is 5. The van der Waals surface area contributed by atoms with Gasteiger partial charge in [-0.2, -0.15) is 0 Å². The first kappa shape index (κ1) is 30.5. The Bertz CT molecular complexity index is 1130. The molecule has 3 fully saturated rings. The Balaban J connectivity index is 2.01. The highest BCUT2D eigenvalue weighted by molar-refractivity contribution is 6.23. The normalized spacial score (nSPS) is 46.6. The van der Waals surface area contributed by atoms with E-state index in [2.05, 4.69) is 6.58 Å². The van der Waals surface area contributed by atoms with E-state index in [9.17, 15) is 29.4 Å². The monoisotopic (exact) mass is 584 g/mol. The van der Waals surface area contributed by atoms with Crippen molar-refractivity contribution < 1.29 is 53.1 Å². The Kier molecular flexibility index (Phi) is 7.94. The first-order valence-electron chi connectivity index (χ1n) is 13.4. The molecular formula is C28H37ClO11. The summed E-state index contributed by atoms with van der Waals surface area (Å²) in [6.45, 7) is 12.5. The average Bonchev–Trinajstić information content (AvgIpc) is 3.62. The van der Waals surface area contributed by atoms with Gasteiger partial charge in [-0.15, -0.1) is 11.6 Å². The zero-order valence-electron chi connectivity index (χ0n) is 23.4. The fourth-order valence-corrected chi connectivity index (χ4v) is 7.18. The molecule has 222 valence electrons. The maximum absolute atomic E-state index is 12.9. The number of fused-ring (bicyclic) bond motifs is 4. The molecule has 12 atom stereocenters. The molecule has 4 rings (SSSR count). The Labute approximate surface area is 237 Å². The van der Waals surface area contributed by atoms with Gasteiger partial charge in [0.05, 0.1) is 17.4 Å². The van der Waals surface area contributed by atoms with Crippen molar-refractivity contribution in [3.63, 3.8) is 0 Å². The predicted octanol–water partition coefficient (Wildman–Crippen LogP) is 1.74. The van der Waals surface area contributed by atoms with Gasteiger partial charge in [0.2, 0.25) is 0 Å². The third kappa shape index (κ3) is 4.64. The van der Waals surface area contributed by atoms with Crippen molar-refractivity contribution in [2.75, 3.05) is 0 Å². The number of carbonyl (C=O) groups is 4. The van der Waals surface area contributed by atoms with Crippen LogP contribution in [-0.2, 0) is 42.9 Å². The summed E-state index contributed by atoms with van der Waals surface area (Å²) < 4.78 is 28.8. The molecule has 12 heteroatoms. The van der Waals surface area contributed by atoms with Crippen LogP contribution in [0.5, 0.6) is 0 Å². The van der Waals surface area contributed by atoms with Crippen molar-refractivity contribution in [2.24, 2.45) is 17.3 Å². The lowest BCUT2D eigenvalue weighted by molar-refractivity contribution is -0.258. The molecule has 0 aromatic heterocycles. The number of hydrogen-bond donors (Lipinski definition) is 2. The van der Waals surface area contributed by atoms with Gasteiger partial charge in [-0.25, -0.2) is 0 Å².